The Morgan fingerprint density at radius 2 is 2.07 bits per heavy atom. The molecule has 5 heteroatoms. The van der Waals surface area contributed by atoms with Gasteiger partial charge in [0, 0.05) is 12.8 Å². The fraction of sp³-hybridized carbons (Fsp3) is 0.400. The fourth-order valence-electron chi connectivity index (χ4n) is 1.21. The number of ether oxygens (including phenoxy) is 1. The smallest absolute Gasteiger partial charge is 0.157 e. The Hall–Kier alpha value is 0.140. The van der Waals surface area contributed by atoms with Gasteiger partial charge in [-0.2, -0.15) is 0 Å². The van der Waals surface area contributed by atoms with Gasteiger partial charge in [-0.1, -0.05) is 30.3 Å². The van der Waals surface area contributed by atoms with Gasteiger partial charge in [0.15, 0.2) is 6.29 Å². The van der Waals surface area contributed by atoms with E-state index >= 15 is 0 Å². The van der Waals surface area contributed by atoms with Crippen molar-refractivity contribution in [2.24, 2.45) is 0 Å². The third kappa shape index (κ3) is 4.25. The first-order valence-electron chi connectivity index (χ1n) is 4.71. The van der Waals surface area contributed by atoms with Crippen LogP contribution in [0.1, 0.15) is 6.92 Å². The Kier molecular flexibility index (Phi) is 5.30. The molecule has 0 bridgehead atoms. The highest BCUT2D eigenvalue weighted by molar-refractivity contribution is 8.57. The van der Waals surface area contributed by atoms with Crippen molar-refractivity contribution in [3.05, 3.63) is 30.3 Å². The second-order valence-electron chi connectivity index (χ2n) is 3.10. The van der Waals surface area contributed by atoms with E-state index in [0.29, 0.717) is 12.8 Å². The maximum atomic E-state index is 9.52. The van der Waals surface area contributed by atoms with Crippen molar-refractivity contribution < 1.29 is 9.84 Å². The Morgan fingerprint density at radius 1 is 1.47 bits per heavy atom. The van der Waals surface area contributed by atoms with Crippen LogP contribution in [0.5, 0.6) is 0 Å². The highest BCUT2D eigenvalue weighted by atomic mass is 32.9. The number of benzene rings is 1. The molecule has 0 amide bonds. The van der Waals surface area contributed by atoms with Crippen LogP contribution in [0, 0.1) is 0 Å². The fourth-order valence-corrected chi connectivity index (χ4v) is 4.06. The van der Waals surface area contributed by atoms with Gasteiger partial charge >= 0.3 is 0 Å². The lowest BCUT2D eigenvalue weighted by Crippen LogP contribution is -2.20. The normalized spacial score (nSPS) is 17.0. The summed E-state index contributed by atoms with van der Waals surface area (Å²) >= 11 is 10.8. The lowest BCUT2D eigenvalue weighted by Gasteiger charge is -2.31. The van der Waals surface area contributed by atoms with Gasteiger partial charge in [-0.3, -0.25) is 0 Å². The van der Waals surface area contributed by atoms with Crippen molar-refractivity contribution in [2.45, 2.75) is 13.2 Å². The predicted octanol–water partition coefficient (Wildman–Crippen LogP) is 1.61. The topological polar surface area (TPSA) is 29.5 Å². The van der Waals surface area contributed by atoms with E-state index in [1.54, 1.807) is 0 Å². The van der Waals surface area contributed by atoms with Crippen molar-refractivity contribution in [1.29, 1.82) is 0 Å². The van der Waals surface area contributed by atoms with Gasteiger partial charge in [-0.05, 0) is 12.2 Å². The second kappa shape index (κ2) is 6.02. The van der Waals surface area contributed by atoms with E-state index in [9.17, 15) is 5.11 Å². The SMILES string of the molecule is CCOC(O)CP(=S)([S-])c1ccccc1. The van der Waals surface area contributed by atoms with Gasteiger partial charge in [0.25, 0.3) is 0 Å². The van der Waals surface area contributed by atoms with Gasteiger partial charge in [-0.25, -0.2) is 0 Å². The molecule has 0 aliphatic carbocycles. The molecule has 1 aromatic rings. The Morgan fingerprint density at radius 3 is 2.60 bits per heavy atom. The molecule has 0 heterocycles. The molecule has 2 unspecified atom stereocenters. The van der Waals surface area contributed by atoms with Crippen molar-refractivity contribution in [3.8, 4) is 0 Å². The van der Waals surface area contributed by atoms with Crippen LogP contribution in [0.2, 0.25) is 0 Å². The van der Waals surface area contributed by atoms with E-state index in [0.717, 1.165) is 5.30 Å². The van der Waals surface area contributed by atoms with Gasteiger partial charge in [-0.15, -0.1) is 17.0 Å². The molecule has 0 aliphatic rings. The minimum atomic E-state index is -2.09. The summed E-state index contributed by atoms with van der Waals surface area (Å²) in [6.45, 7) is 2.30. The first-order valence-corrected chi connectivity index (χ1v) is 8.71. The largest absolute Gasteiger partial charge is 0.742 e. The molecule has 2 nitrogen and oxygen atoms in total. The molecule has 1 aromatic carbocycles. The number of aliphatic hydroxyl groups excluding tert-OH is 1. The van der Waals surface area contributed by atoms with E-state index in [1.807, 2.05) is 37.3 Å². The quantitative estimate of drug-likeness (QED) is 0.495. The zero-order valence-electron chi connectivity index (χ0n) is 8.50. The molecule has 84 valence electrons. The molecule has 0 saturated heterocycles. The second-order valence-corrected chi connectivity index (χ2v) is 9.76. The zero-order valence-corrected chi connectivity index (χ0v) is 11.0. The molecule has 2 atom stereocenters. The van der Waals surface area contributed by atoms with Crippen molar-refractivity contribution in [3.63, 3.8) is 0 Å². The standard InChI is InChI=1S/C10H15O2PS2/c1-2-12-10(11)8-13(14,15)9-6-4-3-5-7-9/h3-7,10-11H,2,8H2,1H3,(H,14,15)/p-1. The highest BCUT2D eigenvalue weighted by Crippen LogP contribution is 2.42. The Bertz CT molecular complexity index is 343. The first-order chi connectivity index (χ1) is 7.06. The van der Waals surface area contributed by atoms with E-state index in [1.165, 1.54) is 0 Å². The molecule has 15 heavy (non-hydrogen) atoms. The summed E-state index contributed by atoms with van der Waals surface area (Å²) in [7, 11) is 0. The third-order valence-electron chi connectivity index (χ3n) is 1.91. The first kappa shape index (κ1) is 13.2. The molecule has 0 fully saturated rings. The average Bonchev–Trinajstić information content (AvgIpc) is 2.18. The van der Waals surface area contributed by atoms with Gasteiger partial charge in [0.2, 0.25) is 0 Å². The van der Waals surface area contributed by atoms with Crippen molar-refractivity contribution >= 4 is 34.6 Å². The summed E-state index contributed by atoms with van der Waals surface area (Å²) in [5, 5.41) is 8.40. The lowest BCUT2D eigenvalue weighted by atomic mass is 10.4. The maximum absolute atomic E-state index is 9.52. The molecular weight excluding hydrogens is 247 g/mol. The van der Waals surface area contributed by atoms with Crippen LogP contribution in [-0.2, 0) is 28.8 Å². The van der Waals surface area contributed by atoms with E-state index in [-0.39, 0.29) is 0 Å². The molecule has 0 radical (unpaired) electrons. The van der Waals surface area contributed by atoms with Crippen LogP contribution in [0.3, 0.4) is 0 Å². The summed E-state index contributed by atoms with van der Waals surface area (Å²) < 4.78 is 5.05. The Labute approximate surface area is 101 Å². The lowest BCUT2D eigenvalue weighted by molar-refractivity contribution is -0.0769. The van der Waals surface area contributed by atoms with Gasteiger partial charge < -0.3 is 22.1 Å². The highest BCUT2D eigenvalue weighted by Gasteiger charge is 2.11. The monoisotopic (exact) mass is 261 g/mol. The predicted molar refractivity (Wildman–Crippen MR) is 70.2 cm³/mol. The summed E-state index contributed by atoms with van der Waals surface area (Å²) in [5.41, 5.74) is 0. The van der Waals surface area contributed by atoms with E-state index in [2.05, 4.69) is 0 Å². The summed E-state index contributed by atoms with van der Waals surface area (Å²) in [4.78, 5) is 0. The van der Waals surface area contributed by atoms with Crippen LogP contribution in [0.15, 0.2) is 30.3 Å². The molecule has 0 aliphatic heterocycles. The average molecular weight is 261 g/mol. The van der Waals surface area contributed by atoms with Gasteiger partial charge in [0.1, 0.15) is 0 Å². The Balaban J connectivity index is 2.72. The summed E-state index contributed by atoms with van der Waals surface area (Å²) in [5.74, 6) is 0. The molecule has 0 saturated carbocycles. The number of hydrogen-bond donors (Lipinski definition) is 1. The van der Waals surface area contributed by atoms with Crippen LogP contribution in [0.4, 0.5) is 0 Å². The van der Waals surface area contributed by atoms with Crippen LogP contribution < -0.4 is 5.30 Å². The molecule has 0 aromatic heterocycles. The number of aliphatic hydroxyl groups is 1. The molecule has 1 rings (SSSR count). The minimum Gasteiger partial charge on any atom is -0.742 e. The maximum Gasteiger partial charge on any atom is 0.157 e. The van der Waals surface area contributed by atoms with Crippen molar-refractivity contribution in [2.75, 3.05) is 12.8 Å². The van der Waals surface area contributed by atoms with Crippen LogP contribution in [0.25, 0.3) is 0 Å². The van der Waals surface area contributed by atoms with Gasteiger partial charge in [0.05, 0.1) is 0 Å². The molecule has 1 N–H and O–H groups in total. The molecule has 0 spiro atoms. The van der Waals surface area contributed by atoms with Crippen LogP contribution in [-0.4, -0.2) is 24.2 Å². The molecular formula is C10H14O2PS2-. The zero-order chi connectivity index (χ0) is 11.3. The summed E-state index contributed by atoms with van der Waals surface area (Å²) in [6.07, 6.45) is -0.478. The third-order valence-corrected chi connectivity index (χ3v) is 5.94. The number of rotatable bonds is 5. The van der Waals surface area contributed by atoms with Crippen LogP contribution >= 0.6 is 5.24 Å². The van der Waals surface area contributed by atoms with E-state index in [4.69, 9.17) is 28.8 Å². The van der Waals surface area contributed by atoms with E-state index < -0.39 is 11.5 Å². The number of hydrogen-bond acceptors (Lipinski definition) is 4. The summed E-state index contributed by atoms with van der Waals surface area (Å²) in [6, 6.07) is 9.59. The van der Waals surface area contributed by atoms with Crippen molar-refractivity contribution in [1.82, 2.24) is 0 Å². The minimum absolute atomic E-state index is 0.357.